The molecule has 9 heteroatoms. The molecule has 0 aromatic heterocycles. The van der Waals surface area contributed by atoms with Gasteiger partial charge in [0.1, 0.15) is 11.5 Å². The predicted molar refractivity (Wildman–Crippen MR) is 91.1 cm³/mol. The Labute approximate surface area is 146 Å². The van der Waals surface area contributed by atoms with Crippen molar-refractivity contribution >= 4 is 11.9 Å². The molecule has 0 radical (unpaired) electrons. The molecule has 25 heavy (non-hydrogen) atoms. The molecule has 140 valence electrons. The van der Waals surface area contributed by atoms with Crippen LogP contribution in [-0.2, 0) is 11.3 Å². The van der Waals surface area contributed by atoms with Crippen LogP contribution in [0.15, 0.2) is 23.2 Å². The lowest BCUT2D eigenvalue weighted by molar-refractivity contribution is -0.127. The summed E-state index contributed by atoms with van der Waals surface area (Å²) < 4.78 is 34.7. The summed E-state index contributed by atoms with van der Waals surface area (Å²) >= 11 is 0. The third-order valence-corrected chi connectivity index (χ3v) is 3.14. The number of hydrogen-bond donors (Lipinski definition) is 2. The second kappa shape index (κ2) is 10.3. The zero-order valence-electron chi connectivity index (χ0n) is 14.8. The Morgan fingerprint density at radius 2 is 2.04 bits per heavy atom. The van der Waals surface area contributed by atoms with Crippen LogP contribution >= 0.6 is 0 Å². The molecule has 1 aromatic carbocycles. The lowest BCUT2D eigenvalue weighted by Crippen LogP contribution is -2.42. The maximum absolute atomic E-state index is 12.5. The molecule has 7 nitrogen and oxygen atoms in total. The fraction of sp³-hybridized carbons (Fsp3) is 0.500. The van der Waals surface area contributed by atoms with Crippen LogP contribution in [0.5, 0.6) is 11.5 Å². The zero-order chi connectivity index (χ0) is 18.8. The van der Waals surface area contributed by atoms with Gasteiger partial charge >= 0.3 is 6.61 Å². The van der Waals surface area contributed by atoms with Crippen LogP contribution in [-0.4, -0.2) is 57.7 Å². The summed E-state index contributed by atoms with van der Waals surface area (Å²) in [6.45, 7) is -0.329. The number of benzene rings is 1. The zero-order valence-corrected chi connectivity index (χ0v) is 14.8. The van der Waals surface area contributed by atoms with E-state index in [1.807, 2.05) is 6.92 Å². The Bertz CT molecular complexity index is 595. The smallest absolute Gasteiger partial charge is 0.387 e. The Hall–Kier alpha value is -2.58. The van der Waals surface area contributed by atoms with E-state index in [-0.39, 0.29) is 24.7 Å². The minimum atomic E-state index is -2.93. The molecule has 0 unspecified atom stereocenters. The number of amides is 1. The number of hydrogen-bond acceptors (Lipinski definition) is 4. The van der Waals surface area contributed by atoms with E-state index in [1.54, 1.807) is 20.2 Å². The molecule has 0 fully saturated rings. The maximum Gasteiger partial charge on any atom is 0.387 e. The normalized spacial score (nSPS) is 11.2. The Kier molecular flexibility index (Phi) is 8.45. The summed E-state index contributed by atoms with van der Waals surface area (Å²) in [7, 11) is 4.78. The van der Waals surface area contributed by atoms with Crippen molar-refractivity contribution in [1.29, 1.82) is 0 Å². The average molecular weight is 358 g/mol. The van der Waals surface area contributed by atoms with Crippen LogP contribution < -0.4 is 20.1 Å². The highest BCUT2D eigenvalue weighted by Gasteiger charge is 2.11. The van der Waals surface area contributed by atoms with Gasteiger partial charge in [-0.25, -0.2) is 4.99 Å². The van der Waals surface area contributed by atoms with Gasteiger partial charge in [0.05, 0.1) is 20.2 Å². The quantitative estimate of drug-likeness (QED) is 0.543. The van der Waals surface area contributed by atoms with Crippen LogP contribution in [0.3, 0.4) is 0 Å². The highest BCUT2D eigenvalue weighted by molar-refractivity contribution is 5.86. The third-order valence-electron chi connectivity index (χ3n) is 3.14. The Morgan fingerprint density at radius 1 is 1.32 bits per heavy atom. The fourth-order valence-electron chi connectivity index (χ4n) is 1.84. The SMILES string of the molecule is CCNC(=NCc1cc(OC)ccc1OC(F)F)NCC(=O)N(C)C. The number of nitrogens with zero attached hydrogens (tertiary/aromatic N) is 2. The van der Waals surface area contributed by atoms with Gasteiger partial charge in [-0.3, -0.25) is 4.79 Å². The molecule has 0 aliphatic carbocycles. The first kappa shape index (κ1) is 20.5. The van der Waals surface area contributed by atoms with Crippen molar-refractivity contribution in [3.63, 3.8) is 0 Å². The van der Waals surface area contributed by atoms with Crippen molar-refractivity contribution in [2.75, 3.05) is 34.3 Å². The van der Waals surface area contributed by atoms with Crippen LogP contribution in [0, 0.1) is 0 Å². The van der Waals surface area contributed by atoms with Gasteiger partial charge in [-0.2, -0.15) is 8.78 Å². The standard InChI is InChI=1S/C16H24F2N4O3/c1-5-19-16(21-10-14(23)22(2)3)20-9-11-8-12(24-4)6-7-13(11)25-15(17)18/h6-8,15H,5,9-10H2,1-4H3,(H2,19,20,21). The molecule has 1 rings (SSSR count). The highest BCUT2D eigenvalue weighted by Crippen LogP contribution is 2.26. The third kappa shape index (κ3) is 7.23. The minimum absolute atomic E-state index is 0.0276. The summed E-state index contributed by atoms with van der Waals surface area (Å²) in [6, 6.07) is 4.52. The van der Waals surface area contributed by atoms with E-state index in [2.05, 4.69) is 20.4 Å². The van der Waals surface area contributed by atoms with Gasteiger partial charge in [0.2, 0.25) is 5.91 Å². The maximum atomic E-state index is 12.5. The largest absolute Gasteiger partial charge is 0.497 e. The summed E-state index contributed by atoms with van der Waals surface area (Å²) in [5.74, 6) is 0.810. The number of methoxy groups -OCH3 is 1. The summed E-state index contributed by atoms with van der Waals surface area (Å²) in [4.78, 5) is 17.4. The summed E-state index contributed by atoms with van der Waals surface area (Å²) in [6.07, 6.45) is 0. The molecule has 0 atom stereocenters. The first-order valence-corrected chi connectivity index (χ1v) is 7.71. The average Bonchev–Trinajstić information content (AvgIpc) is 2.57. The van der Waals surface area contributed by atoms with Crippen molar-refractivity contribution in [3.8, 4) is 11.5 Å². The number of carbonyl (C=O) groups is 1. The molecule has 1 amide bonds. The number of nitrogens with one attached hydrogen (secondary N) is 2. The van der Waals surface area contributed by atoms with E-state index in [4.69, 9.17) is 4.74 Å². The van der Waals surface area contributed by atoms with Gasteiger partial charge < -0.3 is 25.0 Å². The Balaban J connectivity index is 2.90. The van der Waals surface area contributed by atoms with E-state index in [1.165, 1.54) is 24.1 Å². The first-order chi connectivity index (χ1) is 11.9. The van der Waals surface area contributed by atoms with E-state index in [0.29, 0.717) is 23.8 Å². The summed E-state index contributed by atoms with van der Waals surface area (Å²) in [5, 5.41) is 5.87. The van der Waals surface area contributed by atoms with Crippen LogP contribution in [0.2, 0.25) is 0 Å². The van der Waals surface area contributed by atoms with Crippen molar-refractivity contribution in [3.05, 3.63) is 23.8 Å². The molecule has 2 N–H and O–H groups in total. The molecule has 1 aromatic rings. The van der Waals surface area contributed by atoms with Crippen molar-refractivity contribution < 1.29 is 23.0 Å². The molecule has 0 heterocycles. The molecule has 0 saturated carbocycles. The second-order valence-electron chi connectivity index (χ2n) is 5.19. The lowest BCUT2D eigenvalue weighted by atomic mass is 10.2. The van der Waals surface area contributed by atoms with Gasteiger partial charge in [-0.05, 0) is 25.1 Å². The van der Waals surface area contributed by atoms with E-state index < -0.39 is 6.61 Å². The number of likely N-dealkylation sites (N-methyl/N-ethyl adjacent to an activating group) is 1. The lowest BCUT2D eigenvalue weighted by Gasteiger charge is -2.15. The van der Waals surface area contributed by atoms with E-state index >= 15 is 0 Å². The summed E-state index contributed by atoms with van der Waals surface area (Å²) in [5.41, 5.74) is 0.441. The first-order valence-electron chi connectivity index (χ1n) is 7.71. The molecule has 0 aliphatic heterocycles. The monoisotopic (exact) mass is 358 g/mol. The Morgan fingerprint density at radius 3 is 2.60 bits per heavy atom. The number of ether oxygens (including phenoxy) is 2. The number of carbonyl (C=O) groups excluding carboxylic acids is 1. The predicted octanol–water partition coefficient (Wildman–Crippen LogP) is 1.44. The molecular formula is C16H24F2N4O3. The molecule has 0 aliphatic rings. The highest BCUT2D eigenvalue weighted by atomic mass is 19.3. The van der Waals surface area contributed by atoms with Gasteiger partial charge in [-0.1, -0.05) is 0 Å². The molecule has 0 bridgehead atoms. The van der Waals surface area contributed by atoms with Crippen molar-refractivity contribution in [2.45, 2.75) is 20.1 Å². The second-order valence-corrected chi connectivity index (χ2v) is 5.19. The van der Waals surface area contributed by atoms with E-state index in [0.717, 1.165) is 0 Å². The molecule has 0 saturated heterocycles. The van der Waals surface area contributed by atoms with Crippen molar-refractivity contribution in [1.82, 2.24) is 15.5 Å². The number of guanidine groups is 1. The van der Waals surface area contributed by atoms with E-state index in [9.17, 15) is 13.6 Å². The molecule has 0 spiro atoms. The van der Waals surface area contributed by atoms with Crippen molar-refractivity contribution in [2.24, 2.45) is 4.99 Å². The van der Waals surface area contributed by atoms with Crippen LogP contribution in [0.25, 0.3) is 0 Å². The van der Waals surface area contributed by atoms with Crippen LogP contribution in [0.1, 0.15) is 12.5 Å². The molecular weight excluding hydrogens is 334 g/mol. The van der Waals surface area contributed by atoms with Gasteiger partial charge in [0, 0.05) is 26.2 Å². The van der Waals surface area contributed by atoms with Gasteiger partial charge in [0.15, 0.2) is 5.96 Å². The van der Waals surface area contributed by atoms with Crippen LogP contribution in [0.4, 0.5) is 8.78 Å². The number of aliphatic imine (C=N–C) groups is 1. The van der Waals surface area contributed by atoms with Gasteiger partial charge in [0.25, 0.3) is 0 Å². The van der Waals surface area contributed by atoms with Gasteiger partial charge in [-0.15, -0.1) is 0 Å². The number of alkyl halides is 2. The fourth-order valence-corrected chi connectivity index (χ4v) is 1.84. The number of rotatable bonds is 8. The topological polar surface area (TPSA) is 75.2 Å². The number of halogens is 2. The minimum Gasteiger partial charge on any atom is -0.497 e.